The maximum atomic E-state index is 11.7. The Labute approximate surface area is 86.6 Å². The summed E-state index contributed by atoms with van der Waals surface area (Å²) in [7, 11) is 0. The van der Waals surface area contributed by atoms with Crippen LogP contribution in [0.1, 0.15) is 17.0 Å². The number of nitrogens with two attached hydrogens (primary N) is 1. The van der Waals surface area contributed by atoms with Crippen LogP contribution in [0.3, 0.4) is 0 Å². The first-order chi connectivity index (χ1) is 6.66. The lowest BCUT2D eigenvalue weighted by molar-refractivity contribution is 0.0759. The summed E-state index contributed by atoms with van der Waals surface area (Å²) < 4.78 is 5.03. The van der Waals surface area contributed by atoms with Gasteiger partial charge >= 0.3 is 0 Å². The molecule has 2 rings (SSSR count). The van der Waals surface area contributed by atoms with E-state index in [0.29, 0.717) is 13.1 Å². The van der Waals surface area contributed by atoms with Crippen LogP contribution < -0.4 is 5.73 Å². The number of hydrogen-bond acceptors (Lipinski definition) is 3. The second-order valence-corrected chi connectivity index (χ2v) is 3.78. The molecule has 14 heavy (non-hydrogen) atoms. The minimum absolute atomic E-state index is 0.0874. The number of halogens is 1. The Morgan fingerprint density at radius 3 is 2.93 bits per heavy atom. The molecule has 5 heteroatoms. The van der Waals surface area contributed by atoms with E-state index in [1.54, 1.807) is 17.0 Å². The van der Waals surface area contributed by atoms with E-state index >= 15 is 0 Å². The average Bonchev–Trinajstić information content (AvgIpc) is 2.73. The molecule has 1 atom stereocenters. The Hall–Kier alpha value is -1.00. The van der Waals surface area contributed by atoms with Crippen molar-refractivity contribution in [1.82, 2.24) is 4.90 Å². The highest BCUT2D eigenvalue weighted by Crippen LogP contribution is 2.17. The number of hydrogen-bond donors (Lipinski definition) is 1. The zero-order valence-electron chi connectivity index (χ0n) is 7.57. The Balaban J connectivity index is 2.09. The summed E-state index contributed by atoms with van der Waals surface area (Å²) in [5.74, 6) is 0.147. The molecular formula is C9H11ClN2O2. The van der Waals surface area contributed by atoms with Gasteiger partial charge in [-0.25, -0.2) is 0 Å². The quantitative estimate of drug-likeness (QED) is 0.762. The molecule has 2 N–H and O–H groups in total. The lowest BCUT2D eigenvalue weighted by atomic mass is 10.3. The third kappa shape index (κ3) is 1.76. The number of nitrogens with zero attached hydrogens (tertiary/aromatic N) is 1. The first-order valence-electron chi connectivity index (χ1n) is 4.47. The van der Waals surface area contributed by atoms with Crippen LogP contribution in [0.25, 0.3) is 0 Å². The van der Waals surface area contributed by atoms with Gasteiger partial charge in [-0.1, -0.05) is 0 Å². The molecule has 0 bridgehead atoms. The van der Waals surface area contributed by atoms with Crippen molar-refractivity contribution in [2.45, 2.75) is 12.5 Å². The fourth-order valence-corrected chi connectivity index (χ4v) is 1.70. The number of amides is 1. The molecule has 1 aliphatic rings. The average molecular weight is 215 g/mol. The van der Waals surface area contributed by atoms with E-state index in [2.05, 4.69) is 0 Å². The predicted octanol–water partition coefficient (Wildman–Crippen LogP) is 1.11. The van der Waals surface area contributed by atoms with Gasteiger partial charge in [0.05, 0.1) is 0 Å². The summed E-state index contributed by atoms with van der Waals surface area (Å²) in [6.07, 6.45) is 0.847. The molecule has 1 aliphatic heterocycles. The Kier molecular flexibility index (Phi) is 2.48. The van der Waals surface area contributed by atoms with Crippen LogP contribution in [0.5, 0.6) is 0 Å². The first kappa shape index (κ1) is 9.55. The number of carbonyl (C=O) groups is 1. The van der Waals surface area contributed by atoms with Crippen molar-refractivity contribution in [2.24, 2.45) is 5.73 Å². The van der Waals surface area contributed by atoms with E-state index in [0.717, 1.165) is 6.42 Å². The number of furan rings is 1. The van der Waals surface area contributed by atoms with Gasteiger partial charge in [0.2, 0.25) is 0 Å². The molecule has 1 saturated heterocycles. The highest BCUT2D eigenvalue weighted by molar-refractivity contribution is 6.29. The number of rotatable bonds is 1. The summed E-state index contributed by atoms with van der Waals surface area (Å²) in [5, 5.41) is 0.233. The van der Waals surface area contributed by atoms with Crippen molar-refractivity contribution >= 4 is 17.5 Å². The second-order valence-electron chi connectivity index (χ2n) is 3.40. The van der Waals surface area contributed by atoms with Gasteiger partial charge in [0.25, 0.3) is 5.91 Å². The van der Waals surface area contributed by atoms with E-state index < -0.39 is 0 Å². The minimum Gasteiger partial charge on any atom is -0.440 e. The molecule has 0 saturated carbocycles. The molecule has 2 heterocycles. The highest BCUT2D eigenvalue weighted by atomic mass is 35.5. The van der Waals surface area contributed by atoms with Crippen molar-refractivity contribution < 1.29 is 9.21 Å². The lowest BCUT2D eigenvalue weighted by Crippen LogP contribution is -2.31. The SMILES string of the molecule is NC1CCN(C(=O)c2ccc(Cl)o2)C1. The molecule has 0 spiro atoms. The van der Waals surface area contributed by atoms with Crippen molar-refractivity contribution in [3.63, 3.8) is 0 Å². The van der Waals surface area contributed by atoms with Crippen molar-refractivity contribution in [3.8, 4) is 0 Å². The summed E-state index contributed by atoms with van der Waals surface area (Å²) in [5.41, 5.74) is 5.70. The maximum absolute atomic E-state index is 11.7. The molecule has 76 valence electrons. The fraction of sp³-hybridized carbons (Fsp3) is 0.444. The van der Waals surface area contributed by atoms with Crippen molar-refractivity contribution in [1.29, 1.82) is 0 Å². The van der Waals surface area contributed by atoms with Crippen LogP contribution >= 0.6 is 11.6 Å². The third-order valence-corrected chi connectivity index (χ3v) is 2.50. The largest absolute Gasteiger partial charge is 0.440 e. The molecule has 1 aromatic heterocycles. The van der Waals surface area contributed by atoms with E-state index in [4.69, 9.17) is 21.8 Å². The maximum Gasteiger partial charge on any atom is 0.289 e. The van der Waals surface area contributed by atoms with Gasteiger partial charge in [0, 0.05) is 19.1 Å². The molecule has 0 radical (unpaired) electrons. The monoisotopic (exact) mass is 214 g/mol. The molecule has 1 unspecified atom stereocenters. The first-order valence-corrected chi connectivity index (χ1v) is 4.85. The van der Waals surface area contributed by atoms with Crippen LogP contribution in [-0.2, 0) is 0 Å². The topological polar surface area (TPSA) is 59.5 Å². The van der Waals surface area contributed by atoms with E-state index in [-0.39, 0.29) is 22.9 Å². The number of likely N-dealkylation sites (tertiary alicyclic amines) is 1. The van der Waals surface area contributed by atoms with E-state index in [9.17, 15) is 4.79 Å². The van der Waals surface area contributed by atoms with Crippen molar-refractivity contribution in [3.05, 3.63) is 23.1 Å². The Bertz CT molecular complexity index is 350. The molecule has 1 amide bonds. The summed E-state index contributed by atoms with van der Waals surface area (Å²) >= 11 is 5.58. The Morgan fingerprint density at radius 1 is 1.64 bits per heavy atom. The van der Waals surface area contributed by atoms with Gasteiger partial charge in [-0.05, 0) is 30.2 Å². The zero-order chi connectivity index (χ0) is 10.1. The lowest BCUT2D eigenvalue weighted by Gasteiger charge is -2.13. The molecule has 0 aromatic carbocycles. The standard InChI is InChI=1S/C9H11ClN2O2/c10-8-2-1-7(14-8)9(13)12-4-3-6(11)5-12/h1-2,6H,3-5,11H2. The van der Waals surface area contributed by atoms with Crippen molar-refractivity contribution in [2.75, 3.05) is 13.1 Å². The van der Waals surface area contributed by atoms with Gasteiger partial charge in [-0.2, -0.15) is 0 Å². The fourth-order valence-electron chi connectivity index (χ4n) is 1.56. The summed E-state index contributed by atoms with van der Waals surface area (Å²) in [4.78, 5) is 13.4. The van der Waals surface area contributed by atoms with Crippen LogP contribution in [0, 0.1) is 0 Å². The smallest absolute Gasteiger partial charge is 0.289 e. The van der Waals surface area contributed by atoms with Crippen LogP contribution in [0.2, 0.25) is 5.22 Å². The molecule has 1 aromatic rings. The molecule has 0 aliphatic carbocycles. The van der Waals surface area contributed by atoms with Gasteiger partial charge in [-0.15, -0.1) is 0 Å². The van der Waals surface area contributed by atoms with Gasteiger partial charge in [0.15, 0.2) is 11.0 Å². The van der Waals surface area contributed by atoms with Gasteiger partial charge in [0.1, 0.15) is 0 Å². The number of carbonyl (C=O) groups excluding carboxylic acids is 1. The summed E-state index contributed by atoms with van der Waals surface area (Å²) in [6.45, 7) is 1.29. The minimum atomic E-state index is -0.134. The Morgan fingerprint density at radius 2 is 2.43 bits per heavy atom. The molecule has 1 fully saturated rings. The third-order valence-electron chi connectivity index (χ3n) is 2.30. The molecule has 4 nitrogen and oxygen atoms in total. The normalized spacial score (nSPS) is 21.6. The van der Waals surface area contributed by atoms with Crippen LogP contribution in [0.15, 0.2) is 16.5 Å². The van der Waals surface area contributed by atoms with Crippen LogP contribution in [0.4, 0.5) is 0 Å². The second kappa shape index (κ2) is 3.63. The van der Waals surface area contributed by atoms with E-state index in [1.807, 2.05) is 0 Å². The van der Waals surface area contributed by atoms with Gasteiger partial charge < -0.3 is 15.1 Å². The van der Waals surface area contributed by atoms with Crippen LogP contribution in [-0.4, -0.2) is 29.9 Å². The molecular weight excluding hydrogens is 204 g/mol. The van der Waals surface area contributed by atoms with Gasteiger partial charge in [-0.3, -0.25) is 4.79 Å². The zero-order valence-corrected chi connectivity index (χ0v) is 8.33. The predicted molar refractivity (Wildman–Crippen MR) is 52.2 cm³/mol. The summed E-state index contributed by atoms with van der Waals surface area (Å²) in [6, 6.07) is 3.23. The van der Waals surface area contributed by atoms with E-state index in [1.165, 1.54) is 0 Å². The highest BCUT2D eigenvalue weighted by Gasteiger charge is 2.26.